The van der Waals surface area contributed by atoms with E-state index in [0.717, 1.165) is 78.0 Å². The third-order valence-electron chi connectivity index (χ3n) is 11.1. The van der Waals surface area contributed by atoms with Gasteiger partial charge in [-0.2, -0.15) is 0 Å². The Morgan fingerprint density at radius 2 is 0.946 bits per heavy atom. The minimum absolute atomic E-state index is 0.684. The first kappa shape index (κ1) is 30.7. The van der Waals surface area contributed by atoms with E-state index in [0.29, 0.717) is 5.82 Å². The minimum atomic E-state index is 0.684. The quantitative estimate of drug-likeness (QED) is 0.178. The summed E-state index contributed by atoms with van der Waals surface area (Å²) < 4.78 is 13.1. The van der Waals surface area contributed by atoms with Crippen molar-refractivity contribution in [3.05, 3.63) is 188 Å². The van der Waals surface area contributed by atoms with E-state index in [1.165, 1.54) is 21.5 Å². The molecule has 6 heteroatoms. The number of benzene rings is 8. The van der Waals surface area contributed by atoms with Crippen molar-refractivity contribution >= 4 is 65.6 Å². The SMILES string of the molecule is c1ccc(-c2nc(-c3ccc4c5ccccc5n(-c5cccc(-n6c7ccccc7c7cc8c(cc76)oc6ccccc68)c5)c4c3)n(-c3ccccc3)n2)cc1. The van der Waals surface area contributed by atoms with E-state index in [-0.39, 0.29) is 0 Å². The Morgan fingerprint density at radius 3 is 1.70 bits per heavy atom. The number of para-hydroxylation sites is 4. The summed E-state index contributed by atoms with van der Waals surface area (Å²) in [4.78, 5) is 5.16. The van der Waals surface area contributed by atoms with Crippen LogP contribution in [0.15, 0.2) is 192 Å². The highest BCUT2D eigenvalue weighted by atomic mass is 16.3. The fraction of sp³-hybridized carbons (Fsp3) is 0. The van der Waals surface area contributed by atoms with Gasteiger partial charge in [0.05, 0.1) is 27.8 Å². The summed E-state index contributed by atoms with van der Waals surface area (Å²) in [5, 5.41) is 12.1. The van der Waals surface area contributed by atoms with Crippen LogP contribution in [0.5, 0.6) is 0 Å². The number of hydrogen-bond donors (Lipinski definition) is 0. The van der Waals surface area contributed by atoms with Gasteiger partial charge in [0.2, 0.25) is 0 Å². The van der Waals surface area contributed by atoms with Crippen LogP contribution in [0.3, 0.4) is 0 Å². The zero-order valence-electron chi connectivity index (χ0n) is 30.0. The van der Waals surface area contributed by atoms with Gasteiger partial charge in [-0.1, -0.05) is 121 Å². The van der Waals surface area contributed by atoms with Gasteiger partial charge in [-0.15, -0.1) is 5.10 Å². The van der Waals surface area contributed by atoms with Gasteiger partial charge in [0.1, 0.15) is 11.2 Å². The van der Waals surface area contributed by atoms with E-state index >= 15 is 0 Å². The zero-order valence-corrected chi connectivity index (χ0v) is 30.0. The van der Waals surface area contributed by atoms with Crippen LogP contribution in [0, 0.1) is 0 Å². The third-order valence-corrected chi connectivity index (χ3v) is 11.1. The first-order valence-corrected chi connectivity index (χ1v) is 18.8. The van der Waals surface area contributed by atoms with E-state index in [9.17, 15) is 0 Å². The largest absolute Gasteiger partial charge is 0.456 e. The van der Waals surface area contributed by atoms with Crippen molar-refractivity contribution in [1.82, 2.24) is 23.9 Å². The molecule has 0 atom stereocenters. The highest BCUT2D eigenvalue weighted by Crippen LogP contribution is 2.40. The van der Waals surface area contributed by atoms with Crippen molar-refractivity contribution in [2.24, 2.45) is 0 Å². The van der Waals surface area contributed by atoms with Gasteiger partial charge >= 0.3 is 0 Å². The molecule has 4 aromatic heterocycles. The summed E-state index contributed by atoms with van der Waals surface area (Å²) in [7, 11) is 0. The molecule has 12 aromatic rings. The van der Waals surface area contributed by atoms with Crippen LogP contribution in [0.25, 0.3) is 105 Å². The topological polar surface area (TPSA) is 53.7 Å². The van der Waals surface area contributed by atoms with Gasteiger partial charge in [0, 0.05) is 60.9 Å². The van der Waals surface area contributed by atoms with Gasteiger partial charge in [0.25, 0.3) is 0 Å². The molecule has 0 fully saturated rings. The van der Waals surface area contributed by atoms with E-state index in [2.05, 4.69) is 149 Å². The molecule has 0 unspecified atom stereocenters. The standard InChI is InChI=1S/C50H31N5O/c1-3-14-32(15-4-1)49-51-50(55(52-49)34-16-5-2-6-17-34)33-26-27-39-37-20-7-10-23-43(37)53(45(39)28-33)35-18-13-19-36(29-35)54-44-24-11-8-21-38(44)41-30-42-40-22-9-12-25-47(40)56-48(42)31-46(41)54/h1-31H. The first-order valence-electron chi connectivity index (χ1n) is 18.8. The Kier molecular flexibility index (Phi) is 6.53. The maximum Gasteiger partial charge on any atom is 0.182 e. The van der Waals surface area contributed by atoms with Crippen LogP contribution < -0.4 is 0 Å². The van der Waals surface area contributed by atoms with Crippen molar-refractivity contribution in [3.63, 3.8) is 0 Å². The lowest BCUT2D eigenvalue weighted by atomic mass is 10.1. The lowest BCUT2D eigenvalue weighted by Gasteiger charge is -2.13. The molecule has 0 aliphatic heterocycles. The molecule has 0 aliphatic carbocycles. The van der Waals surface area contributed by atoms with Crippen LogP contribution >= 0.6 is 0 Å². The summed E-state index contributed by atoms with van der Waals surface area (Å²) in [6.45, 7) is 0. The summed E-state index contributed by atoms with van der Waals surface area (Å²) in [5.74, 6) is 1.47. The highest BCUT2D eigenvalue weighted by Gasteiger charge is 2.20. The number of nitrogens with zero attached hydrogens (tertiary/aromatic N) is 5. The Balaban J connectivity index is 1.08. The molecule has 56 heavy (non-hydrogen) atoms. The van der Waals surface area contributed by atoms with Gasteiger partial charge in [-0.3, -0.25) is 0 Å². The van der Waals surface area contributed by atoms with Gasteiger partial charge < -0.3 is 13.6 Å². The Hall–Kier alpha value is -7.70. The van der Waals surface area contributed by atoms with Crippen molar-refractivity contribution < 1.29 is 4.42 Å². The maximum atomic E-state index is 6.41. The fourth-order valence-electron chi connectivity index (χ4n) is 8.58. The van der Waals surface area contributed by atoms with Crippen molar-refractivity contribution in [2.75, 3.05) is 0 Å². The molecule has 0 N–H and O–H groups in total. The van der Waals surface area contributed by atoms with Crippen LogP contribution in [0.4, 0.5) is 0 Å². The summed E-state index contributed by atoms with van der Waals surface area (Å²) in [5.41, 5.74) is 11.3. The molecule has 0 radical (unpaired) electrons. The minimum Gasteiger partial charge on any atom is -0.456 e. The second-order valence-corrected chi connectivity index (χ2v) is 14.3. The van der Waals surface area contributed by atoms with Crippen molar-refractivity contribution in [2.45, 2.75) is 0 Å². The number of hydrogen-bond acceptors (Lipinski definition) is 3. The van der Waals surface area contributed by atoms with Crippen LogP contribution in [-0.2, 0) is 0 Å². The average molecular weight is 718 g/mol. The number of fused-ring (bicyclic) bond motifs is 9. The zero-order chi connectivity index (χ0) is 36.7. The molecule has 4 heterocycles. The molecular formula is C50H31N5O. The number of furan rings is 1. The Bertz CT molecular complexity index is 3480. The van der Waals surface area contributed by atoms with Crippen LogP contribution in [0.2, 0.25) is 0 Å². The number of aromatic nitrogens is 5. The van der Waals surface area contributed by atoms with Gasteiger partial charge in [-0.25, -0.2) is 9.67 Å². The predicted molar refractivity (Wildman–Crippen MR) is 228 cm³/mol. The van der Waals surface area contributed by atoms with Crippen molar-refractivity contribution in [3.8, 4) is 39.8 Å². The molecule has 6 nitrogen and oxygen atoms in total. The molecule has 0 amide bonds. The molecular weight excluding hydrogens is 687 g/mol. The van der Waals surface area contributed by atoms with E-state index in [1.807, 2.05) is 53.2 Å². The molecule has 0 spiro atoms. The van der Waals surface area contributed by atoms with E-state index < -0.39 is 0 Å². The van der Waals surface area contributed by atoms with Gasteiger partial charge in [-0.05, 0) is 60.7 Å². The maximum absolute atomic E-state index is 6.41. The normalized spacial score (nSPS) is 11.9. The third kappa shape index (κ3) is 4.56. The molecule has 8 aromatic carbocycles. The smallest absolute Gasteiger partial charge is 0.182 e. The number of rotatable bonds is 5. The summed E-state index contributed by atoms with van der Waals surface area (Å²) in [6.07, 6.45) is 0. The summed E-state index contributed by atoms with van der Waals surface area (Å²) >= 11 is 0. The van der Waals surface area contributed by atoms with Crippen molar-refractivity contribution in [1.29, 1.82) is 0 Å². The molecule has 0 saturated heterocycles. The van der Waals surface area contributed by atoms with Crippen LogP contribution in [-0.4, -0.2) is 23.9 Å². The monoisotopic (exact) mass is 717 g/mol. The average Bonchev–Trinajstić information content (AvgIpc) is 4.03. The molecule has 0 saturated carbocycles. The first-order chi connectivity index (χ1) is 27.8. The van der Waals surface area contributed by atoms with E-state index in [1.54, 1.807) is 0 Å². The molecule has 12 rings (SSSR count). The lowest BCUT2D eigenvalue weighted by Crippen LogP contribution is -2.00. The molecule has 262 valence electrons. The second-order valence-electron chi connectivity index (χ2n) is 14.3. The Labute approximate surface area is 320 Å². The van der Waals surface area contributed by atoms with E-state index in [4.69, 9.17) is 14.5 Å². The Morgan fingerprint density at radius 1 is 0.357 bits per heavy atom. The fourth-order valence-corrected chi connectivity index (χ4v) is 8.58. The molecule has 0 bridgehead atoms. The second kappa shape index (κ2) is 11.9. The van der Waals surface area contributed by atoms with Crippen LogP contribution in [0.1, 0.15) is 0 Å². The summed E-state index contributed by atoms with van der Waals surface area (Å²) in [6, 6.07) is 66.0. The highest BCUT2D eigenvalue weighted by molar-refractivity contribution is 6.17. The molecule has 0 aliphatic rings. The predicted octanol–water partition coefficient (Wildman–Crippen LogP) is 12.7. The van der Waals surface area contributed by atoms with Gasteiger partial charge in [0.15, 0.2) is 11.6 Å². The lowest BCUT2D eigenvalue weighted by molar-refractivity contribution is 0.669.